The number of anilines is 2. The van der Waals surface area contributed by atoms with Crippen LogP contribution in [0.15, 0.2) is 48.5 Å². The third kappa shape index (κ3) is 11.3. The Kier molecular flexibility index (Phi) is 14.1. The van der Waals surface area contributed by atoms with Crippen LogP contribution in [0, 0.1) is 0 Å². The van der Waals surface area contributed by atoms with Gasteiger partial charge in [-0.3, -0.25) is 9.59 Å². The predicted molar refractivity (Wildman–Crippen MR) is 174 cm³/mol. The number of Topliss-reactive ketones (excluding diaryl/α,β-unsaturated/α-hetero) is 1. The van der Waals surface area contributed by atoms with E-state index in [1.54, 1.807) is 6.92 Å². The molecule has 4 rings (SSSR count). The van der Waals surface area contributed by atoms with Crippen LogP contribution in [0.4, 0.5) is 16.2 Å². The van der Waals surface area contributed by atoms with Crippen molar-refractivity contribution in [2.45, 2.75) is 69.2 Å². The van der Waals surface area contributed by atoms with E-state index >= 15 is 0 Å². The maximum absolute atomic E-state index is 12.1. The van der Waals surface area contributed by atoms with E-state index in [1.807, 2.05) is 60.3 Å². The molecule has 0 saturated carbocycles. The molecule has 0 aliphatic carbocycles. The van der Waals surface area contributed by atoms with Gasteiger partial charge < -0.3 is 35.5 Å². The minimum atomic E-state index is -0.0557. The molecule has 240 valence electrons. The van der Waals surface area contributed by atoms with Gasteiger partial charge in [0.05, 0.1) is 38.5 Å². The molecule has 3 unspecified atom stereocenters. The first kappa shape index (κ1) is 33.6. The van der Waals surface area contributed by atoms with Crippen molar-refractivity contribution < 1.29 is 28.6 Å². The molecule has 2 saturated heterocycles. The average molecular weight is 627 g/mol. The molecule has 4 N–H and O–H groups in total. The van der Waals surface area contributed by atoms with Crippen LogP contribution in [-0.2, 0) is 14.3 Å². The number of hydrogen-bond acceptors (Lipinski definition) is 8. The van der Waals surface area contributed by atoms with Crippen molar-refractivity contribution in [1.29, 1.82) is 0 Å². The zero-order valence-corrected chi connectivity index (χ0v) is 26.4. The number of carbonyl (C=O) groups excluding carboxylic acids is 3. The highest BCUT2D eigenvalue weighted by atomic mass is 32.2. The molecule has 11 heteroatoms. The van der Waals surface area contributed by atoms with Crippen molar-refractivity contribution in [2.75, 3.05) is 50.6 Å². The van der Waals surface area contributed by atoms with E-state index in [4.69, 9.17) is 14.2 Å². The smallest absolute Gasteiger partial charge is 0.315 e. The molecule has 0 spiro atoms. The number of rotatable bonds is 21. The van der Waals surface area contributed by atoms with Gasteiger partial charge in [0.15, 0.2) is 5.78 Å². The molecule has 0 bridgehead atoms. The lowest BCUT2D eigenvalue weighted by Gasteiger charge is -2.16. The summed E-state index contributed by atoms with van der Waals surface area (Å²) in [5.41, 5.74) is 2.31. The van der Waals surface area contributed by atoms with Crippen LogP contribution in [0.3, 0.4) is 0 Å². The molecule has 0 aromatic heterocycles. The third-order valence-corrected chi connectivity index (χ3v) is 9.15. The highest BCUT2D eigenvalue weighted by Crippen LogP contribution is 2.33. The lowest BCUT2D eigenvalue weighted by atomic mass is 10.0. The Hall–Kier alpha value is -3.28. The number of para-hydroxylation sites is 1. The van der Waals surface area contributed by atoms with Crippen molar-refractivity contribution >= 4 is 40.9 Å². The van der Waals surface area contributed by atoms with E-state index in [0.717, 1.165) is 61.4 Å². The Bertz CT molecular complexity index is 1210. The zero-order valence-electron chi connectivity index (χ0n) is 25.6. The topological polar surface area (TPSA) is 127 Å². The second-order valence-electron chi connectivity index (χ2n) is 11.1. The van der Waals surface area contributed by atoms with Crippen LogP contribution in [0.5, 0.6) is 5.75 Å². The van der Waals surface area contributed by atoms with E-state index in [-0.39, 0.29) is 29.8 Å². The third-order valence-electron chi connectivity index (χ3n) is 7.64. The van der Waals surface area contributed by atoms with Crippen LogP contribution in [0.25, 0.3) is 0 Å². The Morgan fingerprint density at radius 1 is 0.909 bits per heavy atom. The first-order valence-corrected chi connectivity index (χ1v) is 16.7. The SMILES string of the molecule is CC(=O)c1ccccc1Nc1cccc(OCCCCCOCCOCCNC(=O)CCCCC2SCC3NC(=O)NC32)c1. The largest absolute Gasteiger partial charge is 0.494 e. The fraction of sp³-hybridized carbons (Fsp3) is 0.545. The molecule has 3 amide bonds. The van der Waals surface area contributed by atoms with Crippen molar-refractivity contribution in [3.8, 4) is 5.75 Å². The van der Waals surface area contributed by atoms with Gasteiger partial charge in [-0.1, -0.05) is 24.6 Å². The van der Waals surface area contributed by atoms with Crippen LogP contribution >= 0.6 is 11.8 Å². The molecule has 2 aromatic rings. The summed E-state index contributed by atoms with van der Waals surface area (Å²) in [6.45, 7) is 4.89. The van der Waals surface area contributed by atoms with Crippen LogP contribution in [0.1, 0.15) is 62.2 Å². The monoisotopic (exact) mass is 626 g/mol. The quantitative estimate of drug-likeness (QED) is 0.0861. The molecule has 10 nitrogen and oxygen atoms in total. The fourth-order valence-electron chi connectivity index (χ4n) is 5.34. The van der Waals surface area contributed by atoms with Crippen molar-refractivity contribution in [3.05, 3.63) is 54.1 Å². The lowest BCUT2D eigenvalue weighted by Crippen LogP contribution is -2.36. The molecule has 0 radical (unpaired) electrons. The van der Waals surface area contributed by atoms with Gasteiger partial charge in [-0.25, -0.2) is 4.79 Å². The first-order chi connectivity index (χ1) is 21.5. The first-order valence-electron chi connectivity index (χ1n) is 15.7. The number of benzene rings is 2. The number of fused-ring (bicyclic) bond motifs is 1. The highest BCUT2D eigenvalue weighted by Gasteiger charge is 2.42. The summed E-state index contributed by atoms with van der Waals surface area (Å²) in [5, 5.41) is 12.6. The molecule has 2 fully saturated rings. The number of ketones is 1. The number of nitrogens with one attached hydrogen (secondary N) is 4. The van der Waals surface area contributed by atoms with Crippen molar-refractivity contribution in [3.63, 3.8) is 0 Å². The molecule has 2 aliphatic heterocycles. The summed E-state index contributed by atoms with van der Waals surface area (Å²) in [7, 11) is 0. The lowest BCUT2D eigenvalue weighted by molar-refractivity contribution is -0.121. The summed E-state index contributed by atoms with van der Waals surface area (Å²) in [4.78, 5) is 35.4. The molecular formula is C33H46N4O6S. The summed E-state index contributed by atoms with van der Waals surface area (Å²) in [6, 6.07) is 15.6. The van der Waals surface area contributed by atoms with Gasteiger partial charge in [-0.05, 0) is 63.3 Å². The number of amides is 3. The van der Waals surface area contributed by atoms with E-state index in [2.05, 4.69) is 21.3 Å². The molecule has 2 aliphatic rings. The second kappa shape index (κ2) is 18.5. The number of hydrogen-bond donors (Lipinski definition) is 4. The van der Waals surface area contributed by atoms with Crippen LogP contribution in [0.2, 0.25) is 0 Å². The van der Waals surface area contributed by atoms with E-state index in [0.29, 0.717) is 56.8 Å². The van der Waals surface area contributed by atoms with Gasteiger partial charge in [0.2, 0.25) is 5.91 Å². The summed E-state index contributed by atoms with van der Waals surface area (Å²) in [5.74, 6) is 1.83. The normalized spacial score (nSPS) is 18.8. The zero-order chi connectivity index (χ0) is 31.0. The predicted octanol–water partition coefficient (Wildman–Crippen LogP) is 5.06. The average Bonchev–Trinajstić information content (AvgIpc) is 3.57. The molecule has 2 heterocycles. The molecular weight excluding hydrogens is 580 g/mol. The van der Waals surface area contributed by atoms with Crippen LogP contribution < -0.4 is 26.0 Å². The fourth-order valence-corrected chi connectivity index (χ4v) is 6.88. The van der Waals surface area contributed by atoms with Crippen LogP contribution in [-0.4, -0.2) is 80.4 Å². The van der Waals surface area contributed by atoms with Crippen molar-refractivity contribution in [1.82, 2.24) is 16.0 Å². The Morgan fingerprint density at radius 2 is 1.73 bits per heavy atom. The van der Waals surface area contributed by atoms with E-state index in [1.165, 1.54) is 0 Å². The van der Waals surface area contributed by atoms with E-state index in [9.17, 15) is 14.4 Å². The number of thioether (sulfide) groups is 1. The summed E-state index contributed by atoms with van der Waals surface area (Å²) in [6.07, 6.45) is 6.26. The van der Waals surface area contributed by atoms with Gasteiger partial charge in [0.1, 0.15) is 5.75 Å². The number of carbonyl (C=O) groups is 3. The second-order valence-corrected chi connectivity index (χ2v) is 12.4. The molecule has 2 aromatic carbocycles. The Balaban J connectivity index is 0.922. The number of unbranched alkanes of at least 4 members (excludes halogenated alkanes) is 3. The summed E-state index contributed by atoms with van der Waals surface area (Å²) < 4.78 is 17.1. The van der Waals surface area contributed by atoms with Gasteiger partial charge in [-0.15, -0.1) is 0 Å². The maximum atomic E-state index is 12.1. The van der Waals surface area contributed by atoms with Gasteiger partial charge in [-0.2, -0.15) is 11.8 Å². The minimum absolute atomic E-state index is 0.0221. The van der Waals surface area contributed by atoms with Gasteiger partial charge >= 0.3 is 6.03 Å². The number of ether oxygens (including phenoxy) is 3. The summed E-state index contributed by atoms with van der Waals surface area (Å²) >= 11 is 1.91. The standard InChI is InChI=1S/C33H46N4O6S/c1-24(38)27-12-3-4-13-28(27)35-25-10-9-11-26(22-25)43-18-8-2-7-17-41-20-21-42-19-16-34-31(39)15-6-5-14-30-32-29(23-44-30)36-33(40)37-32/h3-4,9-13,22,29-30,32,35H,2,5-8,14-21,23H2,1H3,(H,34,39)(H2,36,37,40). The molecule has 3 atom stereocenters. The Labute approximate surface area is 264 Å². The van der Waals surface area contributed by atoms with Gasteiger partial charge in [0, 0.05) is 53.6 Å². The minimum Gasteiger partial charge on any atom is -0.494 e. The Morgan fingerprint density at radius 3 is 2.59 bits per heavy atom. The van der Waals surface area contributed by atoms with E-state index < -0.39 is 0 Å². The van der Waals surface area contributed by atoms with Crippen molar-refractivity contribution in [2.24, 2.45) is 0 Å². The highest BCUT2D eigenvalue weighted by molar-refractivity contribution is 8.00. The number of urea groups is 1. The molecule has 44 heavy (non-hydrogen) atoms. The van der Waals surface area contributed by atoms with Gasteiger partial charge in [0.25, 0.3) is 0 Å². The maximum Gasteiger partial charge on any atom is 0.315 e.